The first-order valence-corrected chi connectivity index (χ1v) is 12.8. The van der Waals surface area contributed by atoms with Crippen molar-refractivity contribution in [3.63, 3.8) is 0 Å². The van der Waals surface area contributed by atoms with Gasteiger partial charge in [-0.15, -0.1) is 0 Å². The van der Waals surface area contributed by atoms with Gasteiger partial charge in [0.2, 0.25) is 0 Å². The van der Waals surface area contributed by atoms with E-state index >= 15 is 0 Å². The van der Waals surface area contributed by atoms with Crippen LogP contribution in [0.2, 0.25) is 0 Å². The number of hydrogen-bond donors (Lipinski definition) is 0. The van der Waals surface area contributed by atoms with Crippen LogP contribution in [-0.4, -0.2) is 88.1 Å². The van der Waals surface area contributed by atoms with Crippen molar-refractivity contribution in [2.45, 2.75) is 51.4 Å². The zero-order valence-corrected chi connectivity index (χ0v) is 20.3. The van der Waals surface area contributed by atoms with Gasteiger partial charge in [0.1, 0.15) is 24.3 Å². The van der Waals surface area contributed by atoms with Crippen LogP contribution in [0.5, 0.6) is 0 Å². The van der Waals surface area contributed by atoms with Gasteiger partial charge in [0.05, 0.1) is 0 Å². The number of aryl methyl sites for hydroxylation is 2. The van der Waals surface area contributed by atoms with Gasteiger partial charge in [0.25, 0.3) is 0 Å². The average Bonchev–Trinajstić information content (AvgIpc) is 3.46. The van der Waals surface area contributed by atoms with Crippen molar-refractivity contribution in [3.05, 3.63) is 35.2 Å². The van der Waals surface area contributed by atoms with Crippen molar-refractivity contribution >= 4 is 17.7 Å². The predicted octanol–water partition coefficient (Wildman–Crippen LogP) is 2.43. The molecule has 2 aliphatic heterocycles. The van der Waals surface area contributed by atoms with Crippen LogP contribution in [0.4, 0.5) is 16.4 Å². The van der Waals surface area contributed by atoms with Crippen LogP contribution in [0.3, 0.4) is 0 Å². The van der Waals surface area contributed by atoms with E-state index < -0.39 is 0 Å². The van der Waals surface area contributed by atoms with Gasteiger partial charge < -0.3 is 19.6 Å². The molecule has 0 unspecified atom stereocenters. The van der Waals surface area contributed by atoms with E-state index in [1.807, 2.05) is 9.80 Å². The number of amides is 2. The average molecular weight is 463 g/mol. The molecule has 2 atom stereocenters. The minimum atomic E-state index is 0.168. The third-order valence-corrected chi connectivity index (χ3v) is 8.20. The predicted molar refractivity (Wildman–Crippen MR) is 131 cm³/mol. The van der Waals surface area contributed by atoms with Gasteiger partial charge in [0.15, 0.2) is 0 Å². The van der Waals surface area contributed by atoms with Crippen LogP contribution >= 0.6 is 0 Å². The molecule has 2 aliphatic carbocycles. The minimum absolute atomic E-state index is 0.168. The van der Waals surface area contributed by atoms with Crippen LogP contribution in [0.1, 0.15) is 61.0 Å². The summed E-state index contributed by atoms with van der Waals surface area (Å²) in [4.78, 5) is 40.3. The van der Waals surface area contributed by atoms with Crippen LogP contribution < -0.4 is 9.80 Å². The first kappa shape index (κ1) is 21.6. The van der Waals surface area contributed by atoms with Crippen LogP contribution in [0.15, 0.2) is 12.7 Å². The summed E-state index contributed by atoms with van der Waals surface area (Å²) in [5.41, 5.74) is 5.06. The van der Waals surface area contributed by atoms with E-state index in [0.717, 1.165) is 89.7 Å². The van der Waals surface area contributed by atoms with Crippen LogP contribution in [0.25, 0.3) is 0 Å². The van der Waals surface area contributed by atoms with Gasteiger partial charge in [-0.2, -0.15) is 0 Å². The molecule has 2 amide bonds. The van der Waals surface area contributed by atoms with Gasteiger partial charge in [-0.3, -0.25) is 0 Å². The first-order valence-electron chi connectivity index (χ1n) is 12.8. The Bertz CT molecular complexity index is 991. The van der Waals surface area contributed by atoms with Gasteiger partial charge in [-0.05, 0) is 37.5 Å². The SMILES string of the molecule is C[C@@H]1CCc2ncnc(N3CCN(C(=O)N4CCN(c5ncnc6c5[C@H](C)CC6)CC4)CC3)c21. The van der Waals surface area contributed by atoms with E-state index in [0.29, 0.717) is 11.8 Å². The second kappa shape index (κ2) is 8.67. The molecule has 0 bridgehead atoms. The minimum Gasteiger partial charge on any atom is -0.353 e. The van der Waals surface area contributed by atoms with Crippen molar-refractivity contribution in [2.75, 3.05) is 62.2 Å². The lowest BCUT2D eigenvalue weighted by molar-refractivity contribution is 0.147. The Morgan fingerprint density at radius 2 is 1.09 bits per heavy atom. The highest BCUT2D eigenvalue weighted by atomic mass is 16.2. The van der Waals surface area contributed by atoms with Crippen molar-refractivity contribution in [1.29, 1.82) is 0 Å². The molecule has 2 saturated heterocycles. The van der Waals surface area contributed by atoms with E-state index in [1.165, 1.54) is 22.5 Å². The number of rotatable bonds is 2. The molecule has 2 fully saturated rings. The fourth-order valence-corrected chi connectivity index (χ4v) is 6.17. The van der Waals surface area contributed by atoms with Gasteiger partial charge in [-0.1, -0.05) is 13.8 Å². The fourth-order valence-electron chi connectivity index (χ4n) is 6.17. The van der Waals surface area contributed by atoms with Crippen LogP contribution in [-0.2, 0) is 12.8 Å². The maximum absolute atomic E-state index is 13.3. The number of piperazine rings is 2. The smallest absolute Gasteiger partial charge is 0.320 e. The van der Waals surface area contributed by atoms with Crippen molar-refractivity contribution in [3.8, 4) is 0 Å². The number of hydrogen-bond acceptors (Lipinski definition) is 7. The summed E-state index contributed by atoms with van der Waals surface area (Å²) in [7, 11) is 0. The van der Waals surface area contributed by atoms with Gasteiger partial charge >= 0.3 is 6.03 Å². The molecule has 0 radical (unpaired) electrons. The molecular weight excluding hydrogens is 428 g/mol. The maximum atomic E-state index is 13.3. The Labute approximate surface area is 201 Å². The zero-order valence-electron chi connectivity index (χ0n) is 20.3. The molecule has 2 aromatic rings. The molecule has 0 spiro atoms. The van der Waals surface area contributed by atoms with E-state index in [1.54, 1.807) is 12.7 Å². The lowest BCUT2D eigenvalue weighted by Gasteiger charge is -2.41. The monoisotopic (exact) mass is 462 g/mol. The Morgan fingerprint density at radius 3 is 1.50 bits per heavy atom. The number of urea groups is 1. The van der Waals surface area contributed by atoms with E-state index in [9.17, 15) is 4.79 Å². The summed E-state index contributed by atoms with van der Waals surface area (Å²) < 4.78 is 0. The molecule has 34 heavy (non-hydrogen) atoms. The quantitative estimate of drug-likeness (QED) is 0.678. The highest BCUT2D eigenvalue weighted by molar-refractivity contribution is 5.75. The third-order valence-electron chi connectivity index (χ3n) is 8.20. The molecule has 2 aromatic heterocycles. The zero-order chi connectivity index (χ0) is 23.2. The molecule has 180 valence electrons. The van der Waals surface area contributed by atoms with Gasteiger partial charge in [0, 0.05) is 74.9 Å². The normalized spacial score (nSPS) is 24.4. The number of nitrogens with zero attached hydrogens (tertiary/aromatic N) is 8. The summed E-state index contributed by atoms with van der Waals surface area (Å²) in [6.07, 6.45) is 7.82. The molecule has 9 heteroatoms. The van der Waals surface area contributed by atoms with Crippen molar-refractivity contribution in [1.82, 2.24) is 29.7 Å². The van der Waals surface area contributed by atoms with Crippen molar-refractivity contribution < 1.29 is 4.79 Å². The molecule has 4 heterocycles. The van der Waals surface area contributed by atoms with E-state index in [4.69, 9.17) is 0 Å². The summed E-state index contributed by atoms with van der Waals surface area (Å²) in [6.45, 7) is 10.8. The lowest BCUT2D eigenvalue weighted by atomic mass is 10.1. The maximum Gasteiger partial charge on any atom is 0.320 e. The number of carbonyl (C=O) groups is 1. The highest BCUT2D eigenvalue weighted by Crippen LogP contribution is 2.38. The summed E-state index contributed by atoms with van der Waals surface area (Å²) in [6, 6.07) is 0.168. The second-order valence-electron chi connectivity index (χ2n) is 10.2. The second-order valence-corrected chi connectivity index (χ2v) is 10.2. The molecule has 0 saturated carbocycles. The number of fused-ring (bicyclic) bond motifs is 2. The highest BCUT2D eigenvalue weighted by Gasteiger charge is 2.33. The Morgan fingerprint density at radius 1 is 0.676 bits per heavy atom. The number of carbonyl (C=O) groups excluding carboxylic acids is 1. The van der Waals surface area contributed by atoms with Gasteiger partial charge in [-0.25, -0.2) is 24.7 Å². The molecule has 0 N–H and O–H groups in total. The Hall–Kier alpha value is -2.97. The number of anilines is 2. The summed E-state index contributed by atoms with van der Waals surface area (Å²) in [5.74, 6) is 3.20. The molecule has 6 rings (SSSR count). The molecule has 0 aromatic carbocycles. The standard InChI is InChI=1S/C25H34N8O/c1-17-3-5-19-21(17)23(28-15-26-19)30-7-11-32(12-8-30)25(34)33-13-9-31(10-14-33)24-22-18(2)4-6-20(22)27-16-29-24/h15-18H,3-14H2,1-2H3/t17-,18-/m1/s1. The summed E-state index contributed by atoms with van der Waals surface area (Å²) in [5, 5.41) is 0. The van der Waals surface area contributed by atoms with Crippen LogP contribution in [0, 0.1) is 0 Å². The Kier molecular flexibility index (Phi) is 5.50. The lowest BCUT2D eigenvalue weighted by Crippen LogP contribution is -2.57. The third kappa shape index (κ3) is 3.65. The fraction of sp³-hybridized carbons (Fsp3) is 0.640. The Balaban J connectivity index is 1.06. The topological polar surface area (TPSA) is 81.6 Å². The summed E-state index contributed by atoms with van der Waals surface area (Å²) >= 11 is 0. The van der Waals surface area contributed by atoms with E-state index in [2.05, 4.69) is 43.6 Å². The van der Waals surface area contributed by atoms with Crippen molar-refractivity contribution in [2.24, 2.45) is 0 Å². The first-order chi connectivity index (χ1) is 16.6. The largest absolute Gasteiger partial charge is 0.353 e. The molecule has 9 nitrogen and oxygen atoms in total. The van der Waals surface area contributed by atoms with E-state index in [-0.39, 0.29) is 6.03 Å². The molecular formula is C25H34N8O. The molecule has 4 aliphatic rings. The number of aromatic nitrogens is 4.